The van der Waals surface area contributed by atoms with Gasteiger partial charge in [-0.2, -0.15) is 0 Å². The van der Waals surface area contributed by atoms with E-state index in [9.17, 15) is 9.59 Å². The number of benzene rings is 2. The number of para-hydroxylation sites is 1. The fourth-order valence-electron chi connectivity index (χ4n) is 3.14. The molecule has 156 valence electrons. The Morgan fingerprint density at radius 1 is 1.03 bits per heavy atom. The molecular formula is C22H18N4O2S3. The molecule has 2 heterocycles. The van der Waals surface area contributed by atoms with Crippen LogP contribution in [0, 0.1) is 13.8 Å². The number of aryl methyl sites for hydroxylation is 2. The Hall–Kier alpha value is -3.01. The molecular weight excluding hydrogens is 448 g/mol. The minimum atomic E-state index is -0.296. The number of nitrogens with one attached hydrogen (secondary N) is 1. The van der Waals surface area contributed by atoms with E-state index >= 15 is 0 Å². The number of amides is 1. The van der Waals surface area contributed by atoms with Gasteiger partial charge in [0.2, 0.25) is 0 Å². The molecule has 1 saturated heterocycles. The second kappa shape index (κ2) is 8.62. The van der Waals surface area contributed by atoms with E-state index < -0.39 is 0 Å². The van der Waals surface area contributed by atoms with Crippen LogP contribution in [0.4, 0.5) is 11.4 Å². The molecule has 0 saturated carbocycles. The summed E-state index contributed by atoms with van der Waals surface area (Å²) in [5.74, 6) is -0.282. The van der Waals surface area contributed by atoms with Crippen LogP contribution in [0.15, 0.2) is 70.4 Å². The molecule has 4 rings (SSSR count). The van der Waals surface area contributed by atoms with Gasteiger partial charge in [-0.15, -0.1) is 0 Å². The van der Waals surface area contributed by atoms with Crippen molar-refractivity contribution in [2.24, 2.45) is 0 Å². The van der Waals surface area contributed by atoms with Crippen LogP contribution in [0.2, 0.25) is 0 Å². The monoisotopic (exact) mass is 466 g/mol. The summed E-state index contributed by atoms with van der Waals surface area (Å²) in [7, 11) is 0. The third-order valence-corrected chi connectivity index (χ3v) is 6.22. The molecule has 9 heteroatoms. The van der Waals surface area contributed by atoms with Gasteiger partial charge in [0.05, 0.1) is 16.8 Å². The second-order valence-corrected chi connectivity index (χ2v) is 8.98. The number of nitrogens with zero attached hydrogens (tertiary/aromatic N) is 3. The molecule has 0 spiro atoms. The smallest absolute Gasteiger partial charge is 0.272 e. The number of carbonyl (C=O) groups excluding carboxylic acids is 1. The SMILES string of the molecule is Cc1ccc(NC(=S)n2c(C)cc(=O)n2/C=C2\SC(=S)N(c3ccccc3)C2=O)cc1. The minimum absolute atomic E-state index is 0.282. The van der Waals surface area contributed by atoms with Gasteiger partial charge in [-0.05, 0) is 50.3 Å². The van der Waals surface area contributed by atoms with Gasteiger partial charge in [0, 0.05) is 17.4 Å². The first-order valence-corrected chi connectivity index (χ1v) is 11.0. The molecule has 0 radical (unpaired) electrons. The maximum atomic E-state index is 13.0. The zero-order valence-electron chi connectivity index (χ0n) is 16.7. The summed E-state index contributed by atoms with van der Waals surface area (Å²) < 4.78 is 3.30. The van der Waals surface area contributed by atoms with Gasteiger partial charge in [-0.3, -0.25) is 14.5 Å². The van der Waals surface area contributed by atoms with Crippen molar-refractivity contribution in [3.05, 3.63) is 87.2 Å². The summed E-state index contributed by atoms with van der Waals surface area (Å²) in [6.07, 6.45) is 1.49. The number of thioether (sulfide) groups is 1. The van der Waals surface area contributed by atoms with Crippen LogP contribution in [0.5, 0.6) is 0 Å². The van der Waals surface area contributed by atoms with E-state index in [1.165, 1.54) is 21.8 Å². The van der Waals surface area contributed by atoms with Crippen molar-refractivity contribution in [1.29, 1.82) is 0 Å². The molecule has 3 aromatic rings. The Morgan fingerprint density at radius 3 is 2.39 bits per heavy atom. The molecule has 0 bridgehead atoms. The summed E-state index contributed by atoms with van der Waals surface area (Å²) in [6, 6.07) is 18.4. The quantitative estimate of drug-likeness (QED) is 0.457. The highest BCUT2D eigenvalue weighted by Gasteiger charge is 2.33. The van der Waals surface area contributed by atoms with Crippen molar-refractivity contribution in [3.63, 3.8) is 0 Å². The highest BCUT2D eigenvalue weighted by atomic mass is 32.2. The number of anilines is 2. The van der Waals surface area contributed by atoms with E-state index in [2.05, 4.69) is 5.32 Å². The van der Waals surface area contributed by atoms with E-state index in [0.29, 0.717) is 25.7 Å². The molecule has 0 aliphatic carbocycles. The molecule has 0 atom stereocenters. The van der Waals surface area contributed by atoms with E-state index in [1.54, 1.807) is 11.6 Å². The average molecular weight is 467 g/mol. The van der Waals surface area contributed by atoms with Crippen molar-refractivity contribution < 1.29 is 4.79 Å². The van der Waals surface area contributed by atoms with Crippen LogP contribution < -0.4 is 15.8 Å². The predicted molar refractivity (Wildman–Crippen MR) is 135 cm³/mol. The predicted octanol–water partition coefficient (Wildman–Crippen LogP) is 4.38. The highest BCUT2D eigenvalue weighted by molar-refractivity contribution is 8.27. The first-order valence-electron chi connectivity index (χ1n) is 9.37. The fourth-order valence-corrected chi connectivity index (χ4v) is 4.74. The Bertz CT molecular complexity index is 1270. The molecule has 1 N–H and O–H groups in total. The fraction of sp³-hybridized carbons (Fsp3) is 0.0909. The standard InChI is InChI=1S/C22H18N4O2S3/c1-14-8-10-16(11-9-14)23-21(29)26-15(2)12-19(27)24(26)13-18-20(28)25(22(30)31-18)17-6-4-3-5-7-17/h3-13H,1-2H3,(H,23,29)/b18-13-. The molecule has 1 amide bonds. The molecule has 1 aromatic heterocycles. The van der Waals surface area contributed by atoms with Gasteiger partial charge in [-0.1, -0.05) is 59.9 Å². The number of hydrogen-bond acceptors (Lipinski definition) is 5. The zero-order chi connectivity index (χ0) is 22.1. The molecule has 0 unspecified atom stereocenters. The largest absolute Gasteiger partial charge is 0.331 e. The second-order valence-electron chi connectivity index (χ2n) is 6.91. The zero-order valence-corrected chi connectivity index (χ0v) is 19.2. The average Bonchev–Trinajstić information content (AvgIpc) is 3.18. The van der Waals surface area contributed by atoms with Crippen LogP contribution in [-0.4, -0.2) is 24.7 Å². The number of rotatable bonds is 3. The van der Waals surface area contributed by atoms with Crippen LogP contribution in [0.25, 0.3) is 6.20 Å². The minimum Gasteiger partial charge on any atom is -0.331 e. The molecule has 1 fully saturated rings. The van der Waals surface area contributed by atoms with Crippen LogP contribution in [0.3, 0.4) is 0 Å². The highest BCUT2D eigenvalue weighted by Crippen LogP contribution is 2.35. The molecule has 1 aliphatic heterocycles. The third-order valence-electron chi connectivity index (χ3n) is 4.65. The van der Waals surface area contributed by atoms with Gasteiger partial charge in [-0.25, -0.2) is 9.36 Å². The van der Waals surface area contributed by atoms with Crippen LogP contribution >= 0.6 is 36.2 Å². The lowest BCUT2D eigenvalue weighted by atomic mass is 10.2. The molecule has 2 aromatic carbocycles. The summed E-state index contributed by atoms with van der Waals surface area (Å²) in [4.78, 5) is 27.5. The van der Waals surface area contributed by atoms with Crippen molar-refractivity contribution in [2.45, 2.75) is 13.8 Å². The van der Waals surface area contributed by atoms with Crippen molar-refractivity contribution >= 4 is 69.1 Å². The topological polar surface area (TPSA) is 59.3 Å². The summed E-state index contributed by atoms with van der Waals surface area (Å²) in [5.41, 5.74) is 2.97. The van der Waals surface area contributed by atoms with Gasteiger partial charge in [0.1, 0.15) is 0 Å². The lowest BCUT2D eigenvalue weighted by Crippen LogP contribution is -2.30. The first kappa shape index (κ1) is 21.2. The number of carbonyl (C=O) groups is 1. The lowest BCUT2D eigenvalue weighted by Gasteiger charge is -2.15. The first-order chi connectivity index (χ1) is 14.8. The Morgan fingerprint density at radius 2 is 1.71 bits per heavy atom. The third kappa shape index (κ3) is 4.25. The number of aromatic nitrogens is 2. The Labute approximate surface area is 194 Å². The summed E-state index contributed by atoms with van der Waals surface area (Å²) >= 11 is 12.1. The normalized spacial score (nSPS) is 15.0. The maximum absolute atomic E-state index is 13.0. The van der Waals surface area contributed by atoms with Crippen molar-refractivity contribution in [3.8, 4) is 0 Å². The van der Waals surface area contributed by atoms with Gasteiger partial charge in [0.15, 0.2) is 9.43 Å². The molecule has 6 nitrogen and oxygen atoms in total. The Kier molecular flexibility index (Phi) is 5.90. The van der Waals surface area contributed by atoms with Crippen molar-refractivity contribution in [1.82, 2.24) is 9.36 Å². The summed E-state index contributed by atoms with van der Waals surface area (Å²) in [5, 5.41) is 3.45. The van der Waals surface area contributed by atoms with Crippen LogP contribution in [-0.2, 0) is 4.79 Å². The summed E-state index contributed by atoms with van der Waals surface area (Å²) in [6.45, 7) is 3.78. The van der Waals surface area contributed by atoms with Gasteiger partial charge >= 0.3 is 0 Å². The van der Waals surface area contributed by atoms with E-state index in [1.807, 2.05) is 61.5 Å². The van der Waals surface area contributed by atoms with E-state index in [0.717, 1.165) is 23.0 Å². The molecule has 1 aliphatic rings. The number of hydrogen-bond donors (Lipinski definition) is 1. The Balaban J connectivity index is 1.68. The van der Waals surface area contributed by atoms with Gasteiger partial charge < -0.3 is 5.32 Å². The van der Waals surface area contributed by atoms with Crippen molar-refractivity contribution in [2.75, 3.05) is 10.2 Å². The lowest BCUT2D eigenvalue weighted by molar-refractivity contribution is -0.113. The molecule has 31 heavy (non-hydrogen) atoms. The van der Waals surface area contributed by atoms with E-state index in [4.69, 9.17) is 24.4 Å². The number of thiocarbonyl (C=S) groups is 2. The van der Waals surface area contributed by atoms with E-state index in [-0.39, 0.29) is 11.5 Å². The van der Waals surface area contributed by atoms with Gasteiger partial charge in [0.25, 0.3) is 11.5 Å². The van der Waals surface area contributed by atoms with Crippen LogP contribution in [0.1, 0.15) is 11.3 Å². The maximum Gasteiger partial charge on any atom is 0.272 e.